The number of piperidine rings is 1. The van der Waals surface area contributed by atoms with Gasteiger partial charge in [0.25, 0.3) is 5.91 Å². The Bertz CT molecular complexity index is 455. The number of allylic oxidation sites excluding steroid dienone is 1. The van der Waals surface area contributed by atoms with Crippen molar-refractivity contribution in [1.29, 1.82) is 0 Å². The number of H-pyrrole nitrogens is 1. The van der Waals surface area contributed by atoms with Crippen LogP contribution >= 0.6 is 0 Å². The molecule has 0 aromatic carbocycles. The molecule has 0 radical (unpaired) electrons. The van der Waals surface area contributed by atoms with E-state index in [2.05, 4.69) is 16.0 Å². The number of nitrogens with zero attached hydrogens (tertiary/aromatic N) is 2. The molecule has 3 rings (SSSR count). The highest BCUT2D eigenvalue weighted by Crippen LogP contribution is 2.18. The fourth-order valence-electron chi connectivity index (χ4n) is 2.52. The molecular formula is C13H17N3O. The second-order valence-electron chi connectivity index (χ2n) is 4.74. The van der Waals surface area contributed by atoms with Crippen molar-refractivity contribution < 1.29 is 4.79 Å². The van der Waals surface area contributed by atoms with Gasteiger partial charge in [-0.05, 0) is 38.2 Å². The Morgan fingerprint density at radius 1 is 1.29 bits per heavy atom. The number of aryl methyl sites for hydroxylation is 1. The zero-order valence-electron chi connectivity index (χ0n) is 9.91. The zero-order chi connectivity index (χ0) is 11.7. The summed E-state index contributed by atoms with van der Waals surface area (Å²) in [5.41, 5.74) is 2.05. The highest BCUT2D eigenvalue weighted by molar-refractivity contribution is 5.91. The molecule has 4 heteroatoms. The number of carbonyl (C=O) groups excluding carboxylic acids is 1. The monoisotopic (exact) mass is 231 g/mol. The Hall–Kier alpha value is -1.58. The molecule has 1 aliphatic heterocycles. The predicted molar refractivity (Wildman–Crippen MR) is 65.7 cm³/mol. The molecule has 0 saturated carbocycles. The summed E-state index contributed by atoms with van der Waals surface area (Å²) in [6.07, 6.45) is 9.58. The van der Waals surface area contributed by atoms with Crippen LogP contribution in [0.25, 0.3) is 6.08 Å². The predicted octanol–water partition coefficient (Wildman–Crippen LogP) is 2.00. The molecule has 1 aromatic heterocycles. The van der Waals surface area contributed by atoms with Crippen molar-refractivity contribution in [3.8, 4) is 0 Å². The van der Waals surface area contributed by atoms with Crippen LogP contribution in [-0.4, -0.2) is 33.9 Å². The number of imidazole rings is 1. The number of hydrogen-bond donors (Lipinski definition) is 1. The van der Waals surface area contributed by atoms with Crippen molar-refractivity contribution in [2.24, 2.45) is 0 Å². The first-order chi connectivity index (χ1) is 8.34. The summed E-state index contributed by atoms with van der Waals surface area (Å²) in [6.45, 7) is 1.75. The van der Waals surface area contributed by atoms with Crippen LogP contribution in [0.3, 0.4) is 0 Å². The molecule has 1 N–H and O–H groups in total. The summed E-state index contributed by atoms with van der Waals surface area (Å²) in [7, 11) is 0. The lowest BCUT2D eigenvalue weighted by molar-refractivity contribution is 0.0713. The molecule has 4 nitrogen and oxygen atoms in total. The average molecular weight is 231 g/mol. The Balaban J connectivity index is 1.81. The third kappa shape index (κ3) is 1.99. The van der Waals surface area contributed by atoms with Gasteiger partial charge in [0.1, 0.15) is 0 Å². The van der Waals surface area contributed by atoms with Gasteiger partial charge in [-0.1, -0.05) is 6.08 Å². The fraction of sp³-hybridized carbons (Fsp3) is 0.538. The first-order valence-corrected chi connectivity index (χ1v) is 6.39. The molecule has 1 aliphatic carbocycles. The van der Waals surface area contributed by atoms with Crippen molar-refractivity contribution in [2.45, 2.75) is 32.1 Å². The van der Waals surface area contributed by atoms with Crippen LogP contribution in [0.1, 0.15) is 47.7 Å². The van der Waals surface area contributed by atoms with Gasteiger partial charge in [-0.3, -0.25) is 4.79 Å². The normalized spacial score (nSPS) is 19.2. The third-order valence-electron chi connectivity index (χ3n) is 3.49. The summed E-state index contributed by atoms with van der Waals surface area (Å²) in [5.74, 6) is 0.580. The molecule has 1 saturated heterocycles. The molecule has 0 unspecified atom stereocenters. The van der Waals surface area contributed by atoms with Crippen LogP contribution in [0, 0.1) is 0 Å². The minimum atomic E-state index is 0.0625. The Morgan fingerprint density at radius 2 is 2.12 bits per heavy atom. The Morgan fingerprint density at radius 3 is 2.88 bits per heavy atom. The molecule has 0 bridgehead atoms. The van der Waals surface area contributed by atoms with E-state index in [1.54, 1.807) is 0 Å². The lowest BCUT2D eigenvalue weighted by atomic mass is 10.1. The quantitative estimate of drug-likeness (QED) is 0.803. The van der Waals surface area contributed by atoms with Crippen LogP contribution in [-0.2, 0) is 6.42 Å². The summed E-state index contributed by atoms with van der Waals surface area (Å²) in [6, 6.07) is 0. The van der Waals surface area contributed by atoms with Gasteiger partial charge < -0.3 is 9.88 Å². The number of amides is 1. The molecule has 17 heavy (non-hydrogen) atoms. The molecular weight excluding hydrogens is 214 g/mol. The summed E-state index contributed by atoms with van der Waals surface area (Å²) >= 11 is 0. The van der Waals surface area contributed by atoms with Crippen LogP contribution < -0.4 is 0 Å². The largest absolute Gasteiger partial charge is 0.337 e. The van der Waals surface area contributed by atoms with Crippen molar-refractivity contribution in [3.05, 3.63) is 23.3 Å². The topological polar surface area (TPSA) is 49.0 Å². The van der Waals surface area contributed by atoms with Gasteiger partial charge in [-0.25, -0.2) is 4.98 Å². The number of carbonyl (C=O) groups is 1. The minimum absolute atomic E-state index is 0.0625. The molecule has 90 valence electrons. The molecule has 1 amide bonds. The second-order valence-corrected chi connectivity index (χ2v) is 4.74. The maximum Gasteiger partial charge on any atom is 0.289 e. The van der Waals surface area contributed by atoms with E-state index in [4.69, 9.17) is 0 Å². The lowest BCUT2D eigenvalue weighted by Crippen LogP contribution is -2.36. The first-order valence-electron chi connectivity index (χ1n) is 6.39. The molecule has 0 spiro atoms. The Kier molecular flexibility index (Phi) is 2.71. The van der Waals surface area contributed by atoms with E-state index in [9.17, 15) is 4.79 Å². The zero-order valence-corrected chi connectivity index (χ0v) is 9.91. The van der Waals surface area contributed by atoms with Crippen molar-refractivity contribution in [1.82, 2.24) is 14.9 Å². The summed E-state index contributed by atoms with van der Waals surface area (Å²) in [5, 5.41) is 0. The second kappa shape index (κ2) is 4.35. The fourth-order valence-corrected chi connectivity index (χ4v) is 2.52. The Labute approximate surface area is 101 Å². The lowest BCUT2D eigenvalue weighted by Gasteiger charge is -2.25. The van der Waals surface area contributed by atoms with E-state index < -0.39 is 0 Å². The molecule has 1 fully saturated rings. The molecule has 1 aromatic rings. The SMILES string of the molecule is O=C(c1nc2c([nH]1)CCC=C2)N1CCCCC1. The highest BCUT2D eigenvalue weighted by atomic mass is 16.2. The summed E-state index contributed by atoms with van der Waals surface area (Å²) < 4.78 is 0. The van der Waals surface area contributed by atoms with E-state index in [0.29, 0.717) is 5.82 Å². The van der Waals surface area contributed by atoms with Crippen molar-refractivity contribution in [3.63, 3.8) is 0 Å². The third-order valence-corrected chi connectivity index (χ3v) is 3.49. The first kappa shape index (κ1) is 10.6. The molecule has 2 aliphatic rings. The van der Waals surface area contributed by atoms with Gasteiger partial charge in [-0.2, -0.15) is 0 Å². The molecule has 0 atom stereocenters. The van der Waals surface area contributed by atoms with E-state index in [0.717, 1.165) is 50.2 Å². The number of likely N-dealkylation sites (tertiary alicyclic amines) is 1. The number of fused-ring (bicyclic) bond motifs is 1. The van der Waals surface area contributed by atoms with Gasteiger partial charge >= 0.3 is 0 Å². The average Bonchev–Trinajstić information content (AvgIpc) is 2.82. The number of aromatic amines is 1. The van der Waals surface area contributed by atoms with Gasteiger partial charge in [0.05, 0.1) is 5.69 Å². The maximum absolute atomic E-state index is 12.2. The van der Waals surface area contributed by atoms with Gasteiger partial charge in [0.2, 0.25) is 0 Å². The van der Waals surface area contributed by atoms with Crippen LogP contribution in [0.15, 0.2) is 6.08 Å². The smallest absolute Gasteiger partial charge is 0.289 e. The van der Waals surface area contributed by atoms with E-state index >= 15 is 0 Å². The summed E-state index contributed by atoms with van der Waals surface area (Å²) in [4.78, 5) is 21.7. The van der Waals surface area contributed by atoms with E-state index in [1.165, 1.54) is 6.42 Å². The van der Waals surface area contributed by atoms with Gasteiger partial charge in [0, 0.05) is 18.8 Å². The number of nitrogens with one attached hydrogen (secondary N) is 1. The molecule has 2 heterocycles. The van der Waals surface area contributed by atoms with E-state index in [1.807, 2.05) is 11.0 Å². The number of aromatic nitrogens is 2. The van der Waals surface area contributed by atoms with Crippen LogP contribution in [0.2, 0.25) is 0 Å². The van der Waals surface area contributed by atoms with Crippen LogP contribution in [0.5, 0.6) is 0 Å². The van der Waals surface area contributed by atoms with Gasteiger partial charge in [-0.15, -0.1) is 0 Å². The number of rotatable bonds is 1. The van der Waals surface area contributed by atoms with Crippen molar-refractivity contribution in [2.75, 3.05) is 13.1 Å². The standard InChI is InChI=1S/C13H17N3O/c17-13(16-8-4-1-5-9-16)12-14-10-6-2-3-7-11(10)15-12/h2,6H,1,3-5,7-9H2,(H,14,15). The maximum atomic E-state index is 12.2. The van der Waals surface area contributed by atoms with E-state index in [-0.39, 0.29) is 5.91 Å². The van der Waals surface area contributed by atoms with Gasteiger partial charge in [0.15, 0.2) is 5.82 Å². The van der Waals surface area contributed by atoms with Crippen LogP contribution in [0.4, 0.5) is 0 Å². The minimum Gasteiger partial charge on any atom is -0.337 e. The number of hydrogen-bond acceptors (Lipinski definition) is 2. The highest BCUT2D eigenvalue weighted by Gasteiger charge is 2.22. The van der Waals surface area contributed by atoms with Crippen molar-refractivity contribution >= 4 is 12.0 Å².